The molecule has 1 heterocycles. The van der Waals surface area contributed by atoms with E-state index in [0.29, 0.717) is 13.0 Å². The molecular weight excluding hydrogens is 158 g/mol. The van der Waals surface area contributed by atoms with Crippen molar-refractivity contribution in [1.82, 2.24) is 10.7 Å². The van der Waals surface area contributed by atoms with E-state index < -0.39 is 0 Å². The number of rotatable bonds is 2. The SMILES string of the molecule is NNC(N)=NCC1CCC(=O)N1. The van der Waals surface area contributed by atoms with Gasteiger partial charge in [-0.3, -0.25) is 15.2 Å². The van der Waals surface area contributed by atoms with Gasteiger partial charge in [0, 0.05) is 12.5 Å². The third-order valence-corrected chi connectivity index (χ3v) is 1.71. The van der Waals surface area contributed by atoms with Crippen molar-refractivity contribution in [2.24, 2.45) is 16.6 Å². The summed E-state index contributed by atoms with van der Waals surface area (Å²) in [5, 5.41) is 2.76. The molecule has 6 heteroatoms. The highest BCUT2D eigenvalue weighted by Gasteiger charge is 2.19. The maximum Gasteiger partial charge on any atom is 0.220 e. The quantitative estimate of drug-likeness (QED) is 0.167. The summed E-state index contributed by atoms with van der Waals surface area (Å²) in [6.45, 7) is 0.488. The topological polar surface area (TPSA) is 106 Å². The highest BCUT2D eigenvalue weighted by Crippen LogP contribution is 2.05. The predicted octanol–water partition coefficient (Wildman–Crippen LogP) is -1.96. The minimum absolute atomic E-state index is 0.0782. The average molecular weight is 171 g/mol. The van der Waals surface area contributed by atoms with Crippen molar-refractivity contribution in [3.63, 3.8) is 0 Å². The molecule has 0 radical (unpaired) electrons. The van der Waals surface area contributed by atoms with Gasteiger partial charge in [0.05, 0.1) is 6.54 Å². The van der Waals surface area contributed by atoms with Gasteiger partial charge in [-0.15, -0.1) is 0 Å². The van der Waals surface area contributed by atoms with Gasteiger partial charge in [0.25, 0.3) is 0 Å². The molecule has 0 saturated carbocycles. The van der Waals surface area contributed by atoms with E-state index in [1.165, 1.54) is 0 Å². The van der Waals surface area contributed by atoms with Crippen LogP contribution in [0.15, 0.2) is 4.99 Å². The average Bonchev–Trinajstić information content (AvgIpc) is 2.47. The lowest BCUT2D eigenvalue weighted by Gasteiger charge is -2.05. The molecular formula is C6H13N5O. The molecule has 0 bridgehead atoms. The summed E-state index contributed by atoms with van der Waals surface area (Å²) in [4.78, 5) is 14.6. The van der Waals surface area contributed by atoms with Crippen LogP contribution in [0.2, 0.25) is 0 Å². The molecule has 1 aliphatic heterocycles. The van der Waals surface area contributed by atoms with Crippen molar-refractivity contribution < 1.29 is 4.79 Å². The molecule has 68 valence electrons. The Bertz CT molecular complexity index is 202. The molecule has 1 unspecified atom stereocenters. The number of hydrogen-bond acceptors (Lipinski definition) is 3. The van der Waals surface area contributed by atoms with E-state index in [9.17, 15) is 4.79 Å². The molecule has 1 atom stereocenters. The number of guanidine groups is 1. The summed E-state index contributed by atoms with van der Waals surface area (Å²) in [6.07, 6.45) is 1.40. The first kappa shape index (κ1) is 8.79. The summed E-state index contributed by atoms with van der Waals surface area (Å²) in [5.41, 5.74) is 7.50. The third kappa shape index (κ3) is 2.39. The standard InChI is InChI=1S/C6H13N5O/c7-6(11-8)9-3-4-1-2-5(12)10-4/h4H,1-3,8H2,(H,10,12)(H3,7,9,11). The summed E-state index contributed by atoms with van der Waals surface area (Å²) in [7, 11) is 0. The second-order valence-electron chi connectivity index (χ2n) is 2.67. The highest BCUT2D eigenvalue weighted by molar-refractivity contribution is 5.79. The van der Waals surface area contributed by atoms with E-state index in [-0.39, 0.29) is 17.9 Å². The zero-order valence-electron chi connectivity index (χ0n) is 6.71. The second kappa shape index (κ2) is 3.91. The van der Waals surface area contributed by atoms with Crippen LogP contribution in [0.3, 0.4) is 0 Å². The van der Waals surface area contributed by atoms with E-state index in [1.54, 1.807) is 0 Å². The molecule has 0 aromatic heterocycles. The first-order chi connectivity index (χ1) is 5.72. The van der Waals surface area contributed by atoms with E-state index in [0.717, 1.165) is 6.42 Å². The molecule has 0 aliphatic carbocycles. The lowest BCUT2D eigenvalue weighted by Crippen LogP contribution is -2.38. The fourth-order valence-corrected chi connectivity index (χ4v) is 1.07. The Kier molecular flexibility index (Phi) is 2.87. The lowest BCUT2D eigenvalue weighted by molar-refractivity contribution is -0.119. The van der Waals surface area contributed by atoms with Crippen molar-refractivity contribution in [3.05, 3.63) is 0 Å². The number of carbonyl (C=O) groups is 1. The Hall–Kier alpha value is -1.30. The van der Waals surface area contributed by atoms with Crippen LogP contribution >= 0.6 is 0 Å². The Labute approximate surface area is 70.4 Å². The lowest BCUT2D eigenvalue weighted by atomic mass is 10.2. The Morgan fingerprint density at radius 1 is 1.83 bits per heavy atom. The summed E-state index contributed by atoms with van der Waals surface area (Å²) >= 11 is 0. The van der Waals surface area contributed by atoms with Crippen LogP contribution < -0.4 is 22.3 Å². The fraction of sp³-hybridized carbons (Fsp3) is 0.667. The van der Waals surface area contributed by atoms with Gasteiger partial charge in [-0.1, -0.05) is 0 Å². The molecule has 6 N–H and O–H groups in total. The largest absolute Gasteiger partial charge is 0.369 e. The van der Waals surface area contributed by atoms with Crippen LogP contribution in [0, 0.1) is 0 Å². The van der Waals surface area contributed by atoms with Gasteiger partial charge in [0.1, 0.15) is 0 Å². The molecule has 1 fully saturated rings. The van der Waals surface area contributed by atoms with Crippen molar-refractivity contribution in [1.29, 1.82) is 0 Å². The van der Waals surface area contributed by atoms with E-state index in [2.05, 4.69) is 15.7 Å². The number of hydrazine groups is 1. The van der Waals surface area contributed by atoms with Crippen molar-refractivity contribution in [2.45, 2.75) is 18.9 Å². The van der Waals surface area contributed by atoms with Crippen molar-refractivity contribution in [2.75, 3.05) is 6.54 Å². The maximum absolute atomic E-state index is 10.7. The zero-order valence-corrected chi connectivity index (χ0v) is 6.71. The summed E-state index contributed by atoms with van der Waals surface area (Å²) in [6, 6.07) is 0.115. The number of nitrogens with one attached hydrogen (secondary N) is 2. The summed E-state index contributed by atoms with van der Waals surface area (Å²) in [5.74, 6) is 5.26. The van der Waals surface area contributed by atoms with Gasteiger partial charge in [0.2, 0.25) is 11.9 Å². The van der Waals surface area contributed by atoms with Gasteiger partial charge in [-0.05, 0) is 6.42 Å². The van der Waals surface area contributed by atoms with Gasteiger partial charge >= 0.3 is 0 Å². The van der Waals surface area contributed by atoms with Crippen LogP contribution in [0.5, 0.6) is 0 Å². The predicted molar refractivity (Wildman–Crippen MR) is 45.0 cm³/mol. The number of nitrogens with two attached hydrogens (primary N) is 2. The van der Waals surface area contributed by atoms with E-state index in [4.69, 9.17) is 11.6 Å². The van der Waals surface area contributed by atoms with Crippen LogP contribution in [0.1, 0.15) is 12.8 Å². The number of hydrogen-bond donors (Lipinski definition) is 4. The minimum atomic E-state index is 0.0782. The maximum atomic E-state index is 10.7. The van der Waals surface area contributed by atoms with Crippen molar-refractivity contribution >= 4 is 11.9 Å². The molecule has 0 spiro atoms. The molecule has 12 heavy (non-hydrogen) atoms. The Morgan fingerprint density at radius 3 is 3.08 bits per heavy atom. The molecule has 0 aromatic rings. The van der Waals surface area contributed by atoms with Crippen molar-refractivity contribution in [3.8, 4) is 0 Å². The molecule has 6 nitrogen and oxygen atoms in total. The molecule has 0 aromatic carbocycles. The third-order valence-electron chi connectivity index (χ3n) is 1.71. The van der Waals surface area contributed by atoms with Gasteiger partial charge in [0.15, 0.2) is 0 Å². The van der Waals surface area contributed by atoms with Crippen LogP contribution in [0.25, 0.3) is 0 Å². The molecule has 1 saturated heterocycles. The molecule has 1 amide bonds. The van der Waals surface area contributed by atoms with Crippen LogP contribution in [0.4, 0.5) is 0 Å². The zero-order chi connectivity index (χ0) is 8.97. The second-order valence-corrected chi connectivity index (χ2v) is 2.67. The molecule has 1 aliphatic rings. The molecule has 1 rings (SSSR count). The smallest absolute Gasteiger partial charge is 0.220 e. The Morgan fingerprint density at radius 2 is 2.58 bits per heavy atom. The minimum Gasteiger partial charge on any atom is -0.369 e. The number of nitrogens with zero attached hydrogens (tertiary/aromatic N) is 1. The normalized spacial score (nSPS) is 23.9. The van der Waals surface area contributed by atoms with E-state index >= 15 is 0 Å². The van der Waals surface area contributed by atoms with Gasteiger partial charge in [-0.2, -0.15) is 0 Å². The first-order valence-electron chi connectivity index (χ1n) is 3.78. The summed E-state index contributed by atoms with van der Waals surface area (Å²) < 4.78 is 0. The first-order valence-corrected chi connectivity index (χ1v) is 3.78. The van der Waals surface area contributed by atoms with Crippen LogP contribution in [-0.2, 0) is 4.79 Å². The fourth-order valence-electron chi connectivity index (χ4n) is 1.07. The van der Waals surface area contributed by atoms with Gasteiger partial charge < -0.3 is 11.1 Å². The Balaban J connectivity index is 2.28. The number of carbonyl (C=O) groups excluding carboxylic acids is 1. The monoisotopic (exact) mass is 171 g/mol. The van der Waals surface area contributed by atoms with Gasteiger partial charge in [-0.25, -0.2) is 5.84 Å². The number of amides is 1. The number of aliphatic imine (C=N–C) groups is 1. The van der Waals surface area contributed by atoms with Crippen LogP contribution in [-0.4, -0.2) is 24.5 Å². The van der Waals surface area contributed by atoms with E-state index in [1.807, 2.05) is 0 Å². The highest BCUT2D eigenvalue weighted by atomic mass is 16.1.